The van der Waals surface area contributed by atoms with E-state index in [-0.39, 0.29) is 41.7 Å². The minimum Gasteiger partial charge on any atom is -0.396 e. The number of hydrogen-bond acceptors (Lipinski definition) is 4. The van der Waals surface area contributed by atoms with Crippen molar-refractivity contribution in [3.63, 3.8) is 0 Å². The first kappa shape index (κ1) is 33.7. The summed E-state index contributed by atoms with van der Waals surface area (Å²) >= 11 is 0. The van der Waals surface area contributed by atoms with Crippen LogP contribution in [-0.4, -0.2) is 46.9 Å². The van der Waals surface area contributed by atoms with E-state index in [4.69, 9.17) is 20.4 Å². The molecule has 0 unspecified atom stereocenters. The Labute approximate surface area is 166 Å². The maximum absolute atomic E-state index is 8.07. The second-order valence-electron chi connectivity index (χ2n) is 4.31. The quantitative estimate of drug-likeness (QED) is 0.471. The molecule has 4 N–H and O–H groups in total. The number of hydrogen-bond donors (Lipinski definition) is 4. The van der Waals surface area contributed by atoms with E-state index in [9.17, 15) is 0 Å². The number of rotatable bonds is 8. The molecule has 0 aromatic carbocycles. The molecule has 0 aromatic heterocycles. The molecule has 0 bridgehead atoms. The molecule has 0 aliphatic carbocycles. The van der Waals surface area contributed by atoms with Crippen LogP contribution in [0.1, 0.15) is 79.1 Å². The largest absolute Gasteiger partial charge is 0.396 e. The third-order valence-electron chi connectivity index (χ3n) is 2.05. The van der Waals surface area contributed by atoms with E-state index >= 15 is 0 Å². The van der Waals surface area contributed by atoms with Gasteiger partial charge in [0.05, 0.1) is 0 Å². The topological polar surface area (TPSA) is 80.9 Å². The summed E-state index contributed by atoms with van der Waals surface area (Å²) in [6, 6.07) is 0. The van der Waals surface area contributed by atoms with Crippen molar-refractivity contribution in [3.8, 4) is 0 Å². The van der Waals surface area contributed by atoms with Crippen molar-refractivity contribution in [3.05, 3.63) is 0 Å². The third kappa shape index (κ3) is 92.2. The molecule has 0 spiro atoms. The van der Waals surface area contributed by atoms with Crippen LogP contribution in [0.5, 0.6) is 0 Å². The zero-order chi connectivity index (χ0) is 16.5. The maximum Gasteiger partial charge on any atom is 0.0430 e. The summed E-state index contributed by atoms with van der Waals surface area (Å²) in [4.78, 5) is 0. The first-order chi connectivity index (χ1) is 9.66. The fraction of sp³-hybridized carbons (Fsp3) is 1.00. The third-order valence-corrected chi connectivity index (χ3v) is 2.05. The van der Waals surface area contributed by atoms with E-state index in [1.165, 1.54) is 0 Å². The number of aliphatic hydroxyl groups is 4. The molecular formula is C16H40CeO4. The van der Waals surface area contributed by atoms with E-state index < -0.39 is 0 Å². The van der Waals surface area contributed by atoms with Crippen LogP contribution in [0.15, 0.2) is 0 Å². The molecule has 0 aliphatic heterocycles. The van der Waals surface area contributed by atoms with Gasteiger partial charge in [0, 0.05) is 68.2 Å². The zero-order valence-corrected chi connectivity index (χ0v) is 17.9. The van der Waals surface area contributed by atoms with Crippen molar-refractivity contribution in [2.45, 2.75) is 79.1 Å². The Morgan fingerprint density at radius 3 is 0.571 bits per heavy atom. The van der Waals surface area contributed by atoms with E-state index in [0.29, 0.717) is 26.4 Å². The fourth-order valence-electron chi connectivity index (χ4n) is 0.632. The van der Waals surface area contributed by atoms with Gasteiger partial charge in [0.25, 0.3) is 0 Å². The van der Waals surface area contributed by atoms with Gasteiger partial charge < -0.3 is 20.4 Å². The van der Waals surface area contributed by atoms with Crippen molar-refractivity contribution in [2.24, 2.45) is 0 Å². The molecule has 0 radical (unpaired) electrons. The molecule has 0 heterocycles. The monoisotopic (exact) mass is 436 g/mol. The van der Waals surface area contributed by atoms with Crippen LogP contribution in [0.3, 0.4) is 0 Å². The second kappa shape index (κ2) is 49.6. The molecule has 21 heavy (non-hydrogen) atoms. The maximum atomic E-state index is 8.07. The Morgan fingerprint density at radius 1 is 0.429 bits per heavy atom. The van der Waals surface area contributed by atoms with Crippen LogP contribution in [0, 0.1) is 41.7 Å². The van der Waals surface area contributed by atoms with Gasteiger partial charge in [-0.25, -0.2) is 0 Å². The summed E-state index contributed by atoms with van der Waals surface area (Å²) in [7, 11) is 0. The molecule has 0 saturated carbocycles. The van der Waals surface area contributed by atoms with Gasteiger partial charge in [-0.3, -0.25) is 0 Å². The smallest absolute Gasteiger partial charge is 0.0430 e. The minimum absolute atomic E-state index is 0. The number of unbranched alkanes of at least 4 members (excludes halogenated alkanes) is 4. The summed E-state index contributed by atoms with van der Waals surface area (Å²) in [6.07, 6.45) is 8.15. The van der Waals surface area contributed by atoms with Crippen LogP contribution in [0.2, 0.25) is 0 Å². The summed E-state index contributed by atoms with van der Waals surface area (Å²) < 4.78 is 0. The number of aliphatic hydroxyl groups excluding tert-OH is 4. The molecule has 0 rings (SSSR count). The predicted molar refractivity (Wildman–Crippen MR) is 88.0 cm³/mol. The SMILES string of the molecule is CCCCO.CCCCO.CCCCO.CCCCO.[Ce]. The fourth-order valence-corrected chi connectivity index (χ4v) is 0.632. The van der Waals surface area contributed by atoms with Gasteiger partial charge in [0.2, 0.25) is 0 Å². The van der Waals surface area contributed by atoms with Crippen molar-refractivity contribution in [2.75, 3.05) is 26.4 Å². The average molecular weight is 437 g/mol. The Bertz CT molecular complexity index is 74.3. The Balaban J connectivity index is -0.0000000533. The molecule has 0 aliphatic rings. The van der Waals surface area contributed by atoms with Gasteiger partial charge in [-0.1, -0.05) is 53.4 Å². The molecular weight excluding hydrogens is 396 g/mol. The molecule has 0 saturated heterocycles. The van der Waals surface area contributed by atoms with Crippen LogP contribution in [0.25, 0.3) is 0 Å². The minimum atomic E-state index is 0. The summed E-state index contributed by atoms with van der Waals surface area (Å²) in [6.45, 7) is 9.58. The normalized spacial score (nSPS) is 8.00. The van der Waals surface area contributed by atoms with Gasteiger partial charge in [-0.2, -0.15) is 0 Å². The Morgan fingerprint density at radius 2 is 0.571 bits per heavy atom. The van der Waals surface area contributed by atoms with Gasteiger partial charge in [0.15, 0.2) is 0 Å². The molecule has 4 nitrogen and oxygen atoms in total. The molecule has 0 aromatic rings. The predicted octanol–water partition coefficient (Wildman–Crippen LogP) is 3.12. The van der Waals surface area contributed by atoms with Crippen molar-refractivity contribution >= 4 is 0 Å². The van der Waals surface area contributed by atoms with Crippen molar-refractivity contribution in [1.82, 2.24) is 0 Å². The first-order valence-electron chi connectivity index (χ1n) is 8.09. The zero-order valence-electron chi connectivity index (χ0n) is 14.8. The van der Waals surface area contributed by atoms with Crippen LogP contribution in [-0.2, 0) is 0 Å². The van der Waals surface area contributed by atoms with Gasteiger partial charge in [-0.05, 0) is 25.7 Å². The average Bonchev–Trinajstić information content (AvgIpc) is 2.44. The Kier molecular flexibility index (Phi) is 79.8. The summed E-state index contributed by atoms with van der Waals surface area (Å²) in [5.74, 6) is 0. The standard InChI is InChI=1S/4C4H10O.Ce/c4*1-2-3-4-5;/h4*5H,2-4H2,1H3;. The molecule has 0 atom stereocenters. The molecule has 0 fully saturated rings. The molecule has 5 heteroatoms. The van der Waals surface area contributed by atoms with Crippen LogP contribution in [0.4, 0.5) is 0 Å². The first-order valence-corrected chi connectivity index (χ1v) is 8.09. The van der Waals surface area contributed by atoms with E-state index in [0.717, 1.165) is 51.4 Å². The molecule has 132 valence electrons. The van der Waals surface area contributed by atoms with Crippen LogP contribution < -0.4 is 0 Å². The summed E-state index contributed by atoms with van der Waals surface area (Å²) in [5.41, 5.74) is 0. The van der Waals surface area contributed by atoms with Crippen molar-refractivity contribution < 1.29 is 62.2 Å². The second-order valence-corrected chi connectivity index (χ2v) is 4.31. The van der Waals surface area contributed by atoms with Gasteiger partial charge in [0.1, 0.15) is 0 Å². The molecule has 0 amide bonds. The summed E-state index contributed by atoms with van der Waals surface area (Å²) in [5, 5.41) is 32.3. The van der Waals surface area contributed by atoms with Crippen LogP contribution >= 0.6 is 0 Å². The van der Waals surface area contributed by atoms with Gasteiger partial charge in [-0.15, -0.1) is 0 Å². The van der Waals surface area contributed by atoms with E-state index in [1.54, 1.807) is 0 Å². The Hall–Kier alpha value is 1.22. The van der Waals surface area contributed by atoms with Crippen molar-refractivity contribution in [1.29, 1.82) is 0 Å². The van der Waals surface area contributed by atoms with Gasteiger partial charge >= 0.3 is 0 Å². The van der Waals surface area contributed by atoms with E-state index in [1.807, 2.05) is 0 Å². The van der Waals surface area contributed by atoms with E-state index in [2.05, 4.69) is 27.7 Å².